The van der Waals surface area contributed by atoms with Crippen molar-refractivity contribution in [2.75, 3.05) is 0 Å². The van der Waals surface area contributed by atoms with E-state index in [-0.39, 0.29) is 0 Å². The number of nitrogens with one attached hydrogen (secondary N) is 2. The van der Waals surface area contributed by atoms with Gasteiger partial charge in [0.1, 0.15) is 5.82 Å². The van der Waals surface area contributed by atoms with Gasteiger partial charge in [-0.15, -0.1) is 0 Å². The van der Waals surface area contributed by atoms with Crippen LogP contribution in [-0.2, 0) is 6.54 Å². The Labute approximate surface area is 109 Å². The molecule has 0 aliphatic heterocycles. The number of rotatable bonds is 5. The van der Waals surface area contributed by atoms with Gasteiger partial charge in [0.15, 0.2) is 0 Å². The molecule has 1 atom stereocenters. The van der Waals surface area contributed by atoms with Crippen LogP contribution in [0.5, 0.6) is 0 Å². The molecule has 0 aliphatic carbocycles. The summed E-state index contributed by atoms with van der Waals surface area (Å²) in [5.74, 6) is 1.02. The maximum Gasteiger partial charge on any atom is 0.123 e. The average Bonchev–Trinajstić information content (AvgIpc) is 2.86. The number of hydrogen-bond acceptors (Lipinski definition) is 2. The lowest BCUT2D eigenvalue weighted by molar-refractivity contribution is 0.497. The molecule has 96 valence electrons. The van der Waals surface area contributed by atoms with Crippen LogP contribution in [0.25, 0.3) is 0 Å². The highest BCUT2D eigenvalue weighted by Gasteiger charge is 2.11. The summed E-state index contributed by atoms with van der Waals surface area (Å²) in [5, 5.41) is 3.55. The minimum absolute atomic E-state index is 0.292. The van der Waals surface area contributed by atoms with Crippen molar-refractivity contribution >= 4 is 0 Å². The molecule has 1 aromatic carbocycles. The van der Waals surface area contributed by atoms with Crippen LogP contribution in [0.15, 0.2) is 30.6 Å². The largest absolute Gasteiger partial charge is 0.347 e. The molecule has 0 saturated heterocycles. The van der Waals surface area contributed by atoms with E-state index in [1.54, 1.807) is 6.20 Å². The van der Waals surface area contributed by atoms with Crippen molar-refractivity contribution in [3.63, 3.8) is 0 Å². The van der Waals surface area contributed by atoms with Crippen molar-refractivity contribution in [2.45, 2.75) is 39.8 Å². The smallest absolute Gasteiger partial charge is 0.123 e. The Morgan fingerprint density at radius 1 is 1.33 bits per heavy atom. The fourth-order valence-electron chi connectivity index (χ4n) is 2.18. The minimum atomic E-state index is 0.292. The highest BCUT2D eigenvalue weighted by molar-refractivity contribution is 5.30. The predicted octanol–water partition coefficient (Wildman–Crippen LogP) is 3.27. The molecule has 0 bridgehead atoms. The summed E-state index contributed by atoms with van der Waals surface area (Å²) in [5.41, 5.74) is 4.01. The van der Waals surface area contributed by atoms with Crippen LogP contribution in [0.4, 0.5) is 0 Å². The van der Waals surface area contributed by atoms with Gasteiger partial charge in [0.05, 0.1) is 6.04 Å². The molecule has 2 N–H and O–H groups in total. The first-order valence-electron chi connectivity index (χ1n) is 6.49. The third-order valence-electron chi connectivity index (χ3n) is 3.29. The maximum absolute atomic E-state index is 4.32. The van der Waals surface area contributed by atoms with Crippen LogP contribution in [0.3, 0.4) is 0 Å². The number of aromatic nitrogens is 2. The van der Waals surface area contributed by atoms with Crippen LogP contribution in [0.2, 0.25) is 0 Å². The van der Waals surface area contributed by atoms with Gasteiger partial charge in [0.25, 0.3) is 0 Å². The Morgan fingerprint density at radius 3 is 2.78 bits per heavy atom. The normalized spacial score (nSPS) is 12.6. The van der Waals surface area contributed by atoms with Gasteiger partial charge in [-0.25, -0.2) is 4.98 Å². The SMILES string of the molecule is CCC(NCc1ccc(C)cc1C)c1ncc[nH]1. The zero-order chi connectivity index (χ0) is 13.0. The van der Waals surface area contributed by atoms with Gasteiger partial charge in [0, 0.05) is 18.9 Å². The van der Waals surface area contributed by atoms with Crippen LogP contribution in [0, 0.1) is 13.8 Å². The van der Waals surface area contributed by atoms with E-state index in [2.05, 4.69) is 54.3 Å². The first-order chi connectivity index (χ1) is 8.70. The standard InChI is InChI=1S/C15H21N3/c1-4-14(15-16-7-8-17-15)18-10-13-6-5-11(2)9-12(13)3/h5-9,14,18H,4,10H2,1-3H3,(H,16,17). The molecular weight excluding hydrogens is 222 g/mol. The van der Waals surface area contributed by atoms with Crippen LogP contribution < -0.4 is 5.32 Å². The fourth-order valence-corrected chi connectivity index (χ4v) is 2.18. The van der Waals surface area contributed by atoms with Crippen molar-refractivity contribution in [3.05, 3.63) is 53.1 Å². The van der Waals surface area contributed by atoms with E-state index in [0.29, 0.717) is 6.04 Å². The van der Waals surface area contributed by atoms with Gasteiger partial charge < -0.3 is 10.3 Å². The lowest BCUT2D eigenvalue weighted by Crippen LogP contribution is -2.21. The lowest BCUT2D eigenvalue weighted by atomic mass is 10.1. The van der Waals surface area contributed by atoms with E-state index < -0.39 is 0 Å². The number of H-pyrrole nitrogens is 1. The Balaban J connectivity index is 2.02. The number of aryl methyl sites for hydroxylation is 2. The molecule has 2 aromatic rings. The Morgan fingerprint density at radius 2 is 2.17 bits per heavy atom. The van der Waals surface area contributed by atoms with Gasteiger partial charge in [-0.05, 0) is 31.4 Å². The minimum Gasteiger partial charge on any atom is -0.347 e. The summed E-state index contributed by atoms with van der Waals surface area (Å²) in [4.78, 5) is 7.49. The Bertz CT molecular complexity index is 488. The number of aromatic amines is 1. The molecule has 3 nitrogen and oxygen atoms in total. The van der Waals surface area contributed by atoms with Crippen LogP contribution in [0.1, 0.15) is 41.9 Å². The summed E-state index contributed by atoms with van der Waals surface area (Å²) in [7, 11) is 0. The molecule has 0 spiro atoms. The monoisotopic (exact) mass is 243 g/mol. The molecule has 1 aromatic heterocycles. The third-order valence-corrected chi connectivity index (χ3v) is 3.29. The average molecular weight is 243 g/mol. The fraction of sp³-hybridized carbons (Fsp3) is 0.400. The molecule has 18 heavy (non-hydrogen) atoms. The van der Waals surface area contributed by atoms with Crippen molar-refractivity contribution < 1.29 is 0 Å². The second kappa shape index (κ2) is 5.83. The maximum atomic E-state index is 4.32. The summed E-state index contributed by atoms with van der Waals surface area (Å²) in [6, 6.07) is 6.88. The van der Waals surface area contributed by atoms with Gasteiger partial charge in [-0.1, -0.05) is 30.7 Å². The van der Waals surface area contributed by atoms with E-state index in [0.717, 1.165) is 18.8 Å². The third kappa shape index (κ3) is 2.99. The second-order valence-corrected chi connectivity index (χ2v) is 4.75. The van der Waals surface area contributed by atoms with E-state index in [4.69, 9.17) is 0 Å². The highest BCUT2D eigenvalue weighted by atomic mass is 15.0. The second-order valence-electron chi connectivity index (χ2n) is 4.75. The quantitative estimate of drug-likeness (QED) is 0.846. The van der Waals surface area contributed by atoms with Crippen molar-refractivity contribution in [1.82, 2.24) is 15.3 Å². The molecule has 3 heteroatoms. The zero-order valence-corrected chi connectivity index (χ0v) is 11.3. The van der Waals surface area contributed by atoms with Gasteiger partial charge in [-0.2, -0.15) is 0 Å². The Hall–Kier alpha value is -1.61. The molecule has 0 fully saturated rings. The van der Waals surface area contributed by atoms with Crippen molar-refractivity contribution in [1.29, 1.82) is 0 Å². The van der Waals surface area contributed by atoms with E-state index in [1.165, 1.54) is 16.7 Å². The molecule has 0 aliphatic rings. The van der Waals surface area contributed by atoms with E-state index in [1.807, 2.05) is 6.20 Å². The molecule has 1 unspecified atom stereocenters. The first kappa shape index (κ1) is 12.8. The molecule has 0 radical (unpaired) electrons. The van der Waals surface area contributed by atoms with Gasteiger partial charge >= 0.3 is 0 Å². The van der Waals surface area contributed by atoms with Crippen molar-refractivity contribution in [3.8, 4) is 0 Å². The summed E-state index contributed by atoms with van der Waals surface area (Å²) < 4.78 is 0. The summed E-state index contributed by atoms with van der Waals surface area (Å²) >= 11 is 0. The van der Waals surface area contributed by atoms with Crippen LogP contribution in [-0.4, -0.2) is 9.97 Å². The molecule has 1 heterocycles. The number of hydrogen-bond donors (Lipinski definition) is 2. The molecule has 0 amide bonds. The summed E-state index contributed by atoms with van der Waals surface area (Å²) in [6.07, 6.45) is 4.70. The summed E-state index contributed by atoms with van der Waals surface area (Å²) in [6.45, 7) is 7.34. The number of benzene rings is 1. The van der Waals surface area contributed by atoms with Gasteiger partial charge in [0.2, 0.25) is 0 Å². The highest BCUT2D eigenvalue weighted by Crippen LogP contribution is 2.15. The van der Waals surface area contributed by atoms with Gasteiger partial charge in [-0.3, -0.25) is 0 Å². The van der Waals surface area contributed by atoms with E-state index >= 15 is 0 Å². The molecular formula is C15H21N3. The Kier molecular flexibility index (Phi) is 4.15. The topological polar surface area (TPSA) is 40.7 Å². The number of imidazole rings is 1. The molecule has 2 rings (SSSR count). The first-order valence-corrected chi connectivity index (χ1v) is 6.49. The number of nitrogens with zero attached hydrogens (tertiary/aromatic N) is 1. The molecule has 0 saturated carbocycles. The zero-order valence-electron chi connectivity index (χ0n) is 11.3. The predicted molar refractivity (Wildman–Crippen MR) is 74.4 cm³/mol. The lowest BCUT2D eigenvalue weighted by Gasteiger charge is -2.16. The van der Waals surface area contributed by atoms with Crippen molar-refractivity contribution in [2.24, 2.45) is 0 Å². The van der Waals surface area contributed by atoms with Crippen LogP contribution >= 0.6 is 0 Å². The van der Waals surface area contributed by atoms with E-state index in [9.17, 15) is 0 Å².